The third-order valence-corrected chi connectivity index (χ3v) is 3.35. The number of carbonyl (C=O) groups is 2. The highest BCUT2D eigenvalue weighted by Crippen LogP contribution is 2.17. The van der Waals surface area contributed by atoms with Crippen molar-refractivity contribution in [3.05, 3.63) is 71.8 Å². The highest BCUT2D eigenvalue weighted by atomic mass is 16.5. The number of amides is 2. The SMILES string of the molecule is O=C(N[C@@H](C(=O)NO)[C@H](NO)c1ccccc1)c1ccccc1. The molecule has 0 aliphatic carbocycles. The van der Waals surface area contributed by atoms with Gasteiger partial charge in [0.2, 0.25) is 0 Å². The van der Waals surface area contributed by atoms with Crippen molar-refractivity contribution in [3.63, 3.8) is 0 Å². The topological polar surface area (TPSA) is 111 Å². The summed E-state index contributed by atoms with van der Waals surface area (Å²) < 4.78 is 0. The second-order valence-corrected chi connectivity index (χ2v) is 4.81. The second-order valence-electron chi connectivity index (χ2n) is 4.81. The molecule has 2 aromatic carbocycles. The number of benzene rings is 2. The van der Waals surface area contributed by atoms with Crippen molar-refractivity contribution in [3.8, 4) is 0 Å². The third-order valence-electron chi connectivity index (χ3n) is 3.35. The van der Waals surface area contributed by atoms with Crippen LogP contribution in [0.5, 0.6) is 0 Å². The lowest BCUT2D eigenvalue weighted by atomic mass is 9.99. The second kappa shape index (κ2) is 8.04. The first-order chi connectivity index (χ1) is 11.2. The molecular formula is C16H17N3O4. The molecule has 0 saturated carbocycles. The van der Waals surface area contributed by atoms with Crippen LogP contribution in [0.15, 0.2) is 60.7 Å². The van der Waals surface area contributed by atoms with Crippen LogP contribution in [0.2, 0.25) is 0 Å². The van der Waals surface area contributed by atoms with E-state index in [1.807, 2.05) is 5.48 Å². The van der Waals surface area contributed by atoms with Crippen LogP contribution in [0.3, 0.4) is 0 Å². The van der Waals surface area contributed by atoms with E-state index in [4.69, 9.17) is 5.21 Å². The summed E-state index contributed by atoms with van der Waals surface area (Å²) in [6.07, 6.45) is 0. The number of carbonyl (C=O) groups excluding carboxylic acids is 2. The van der Waals surface area contributed by atoms with Crippen LogP contribution < -0.4 is 16.3 Å². The average molecular weight is 315 g/mol. The minimum absolute atomic E-state index is 0.355. The van der Waals surface area contributed by atoms with Crippen molar-refractivity contribution in [2.45, 2.75) is 12.1 Å². The fourth-order valence-corrected chi connectivity index (χ4v) is 2.19. The number of hydrogen-bond donors (Lipinski definition) is 5. The van der Waals surface area contributed by atoms with Gasteiger partial charge in [-0.3, -0.25) is 14.8 Å². The molecule has 2 amide bonds. The zero-order valence-corrected chi connectivity index (χ0v) is 12.1. The molecule has 0 heterocycles. The quantitative estimate of drug-likeness (QED) is 0.404. The van der Waals surface area contributed by atoms with Crippen LogP contribution in [-0.2, 0) is 4.79 Å². The zero-order valence-electron chi connectivity index (χ0n) is 12.1. The molecule has 0 aromatic heterocycles. The first kappa shape index (κ1) is 16.6. The number of rotatable bonds is 6. The Labute approximate surface area is 132 Å². The number of nitrogens with one attached hydrogen (secondary N) is 3. The third kappa shape index (κ3) is 4.13. The largest absolute Gasteiger partial charge is 0.338 e. The predicted molar refractivity (Wildman–Crippen MR) is 81.7 cm³/mol. The van der Waals surface area contributed by atoms with Gasteiger partial charge in [-0.15, -0.1) is 0 Å². The van der Waals surface area contributed by atoms with Gasteiger partial charge in [0.05, 0.1) is 6.04 Å². The van der Waals surface area contributed by atoms with E-state index in [9.17, 15) is 14.8 Å². The first-order valence-corrected chi connectivity index (χ1v) is 6.91. The Morgan fingerprint density at radius 3 is 1.96 bits per heavy atom. The molecule has 0 bridgehead atoms. The van der Waals surface area contributed by atoms with Gasteiger partial charge in [-0.1, -0.05) is 48.5 Å². The molecule has 0 spiro atoms. The Bertz CT molecular complexity index is 649. The molecule has 120 valence electrons. The van der Waals surface area contributed by atoms with Gasteiger partial charge in [0, 0.05) is 5.56 Å². The zero-order chi connectivity index (χ0) is 16.7. The Balaban J connectivity index is 2.26. The van der Waals surface area contributed by atoms with Gasteiger partial charge in [0.25, 0.3) is 11.8 Å². The summed E-state index contributed by atoms with van der Waals surface area (Å²) in [7, 11) is 0. The molecule has 0 unspecified atom stereocenters. The van der Waals surface area contributed by atoms with Crippen molar-refractivity contribution >= 4 is 11.8 Å². The highest BCUT2D eigenvalue weighted by Gasteiger charge is 2.31. The maximum absolute atomic E-state index is 12.2. The molecule has 2 aromatic rings. The lowest BCUT2D eigenvalue weighted by molar-refractivity contribution is -0.132. The average Bonchev–Trinajstić information content (AvgIpc) is 2.62. The molecule has 0 saturated heterocycles. The van der Waals surface area contributed by atoms with Gasteiger partial charge < -0.3 is 10.5 Å². The summed E-state index contributed by atoms with van der Waals surface area (Å²) >= 11 is 0. The standard InChI is InChI=1S/C16H17N3O4/c20-15(12-9-5-2-6-10-12)17-14(16(21)19-23)13(18-22)11-7-3-1-4-8-11/h1-10,13-14,18,22-23H,(H,17,20)(H,19,21)/t13-,14-/m1/s1. The molecular weight excluding hydrogens is 298 g/mol. The van der Waals surface area contributed by atoms with Gasteiger partial charge in [-0.05, 0) is 17.7 Å². The lowest BCUT2D eigenvalue weighted by Gasteiger charge is -2.25. The van der Waals surface area contributed by atoms with Crippen LogP contribution in [0, 0.1) is 0 Å². The van der Waals surface area contributed by atoms with E-state index < -0.39 is 23.9 Å². The Hall–Kier alpha value is -2.74. The molecule has 2 atom stereocenters. The van der Waals surface area contributed by atoms with Crippen LogP contribution in [0.1, 0.15) is 22.0 Å². The van der Waals surface area contributed by atoms with E-state index in [0.717, 1.165) is 0 Å². The summed E-state index contributed by atoms with van der Waals surface area (Å²) in [6, 6.07) is 14.8. The molecule has 0 aliphatic heterocycles. The minimum Gasteiger partial charge on any atom is -0.338 e. The summed E-state index contributed by atoms with van der Waals surface area (Å²) in [5, 5.41) is 20.8. The summed E-state index contributed by atoms with van der Waals surface area (Å²) in [5.41, 5.74) is 4.43. The van der Waals surface area contributed by atoms with Crippen molar-refractivity contribution in [1.29, 1.82) is 0 Å². The molecule has 23 heavy (non-hydrogen) atoms. The number of hydroxylamine groups is 2. The van der Waals surface area contributed by atoms with E-state index in [1.54, 1.807) is 60.7 Å². The molecule has 7 nitrogen and oxygen atoms in total. The van der Waals surface area contributed by atoms with Gasteiger partial charge in [-0.25, -0.2) is 5.48 Å². The van der Waals surface area contributed by atoms with E-state index in [0.29, 0.717) is 11.1 Å². The van der Waals surface area contributed by atoms with Crippen molar-refractivity contribution in [1.82, 2.24) is 16.3 Å². The molecule has 7 heteroatoms. The molecule has 0 fully saturated rings. The smallest absolute Gasteiger partial charge is 0.267 e. The highest BCUT2D eigenvalue weighted by molar-refractivity contribution is 5.97. The van der Waals surface area contributed by atoms with Crippen LogP contribution in [0.4, 0.5) is 0 Å². The van der Waals surface area contributed by atoms with Crippen LogP contribution >= 0.6 is 0 Å². The van der Waals surface area contributed by atoms with Crippen LogP contribution in [0.25, 0.3) is 0 Å². The molecule has 2 rings (SSSR count). The van der Waals surface area contributed by atoms with Crippen molar-refractivity contribution in [2.75, 3.05) is 0 Å². The maximum Gasteiger partial charge on any atom is 0.267 e. The Morgan fingerprint density at radius 1 is 0.870 bits per heavy atom. The normalized spacial score (nSPS) is 13.0. The first-order valence-electron chi connectivity index (χ1n) is 6.91. The molecule has 0 radical (unpaired) electrons. The number of hydrogen-bond acceptors (Lipinski definition) is 5. The minimum atomic E-state index is -1.22. The predicted octanol–water partition coefficient (Wildman–Crippen LogP) is 1.01. The van der Waals surface area contributed by atoms with E-state index in [-0.39, 0.29) is 0 Å². The summed E-state index contributed by atoms with van der Waals surface area (Å²) in [4.78, 5) is 24.2. The van der Waals surface area contributed by atoms with Crippen molar-refractivity contribution < 1.29 is 20.0 Å². The van der Waals surface area contributed by atoms with Crippen LogP contribution in [-0.4, -0.2) is 28.3 Å². The molecule has 5 N–H and O–H groups in total. The van der Waals surface area contributed by atoms with E-state index >= 15 is 0 Å². The van der Waals surface area contributed by atoms with Gasteiger partial charge in [-0.2, -0.15) is 5.48 Å². The van der Waals surface area contributed by atoms with Gasteiger partial charge in [0.1, 0.15) is 6.04 Å². The fraction of sp³-hybridized carbons (Fsp3) is 0.125. The monoisotopic (exact) mass is 315 g/mol. The van der Waals surface area contributed by atoms with Gasteiger partial charge in [0.15, 0.2) is 0 Å². The van der Waals surface area contributed by atoms with Crippen molar-refractivity contribution in [2.24, 2.45) is 0 Å². The summed E-state index contributed by atoms with van der Waals surface area (Å²) in [6.45, 7) is 0. The molecule has 0 aliphatic rings. The Morgan fingerprint density at radius 2 is 1.43 bits per heavy atom. The summed E-state index contributed by atoms with van der Waals surface area (Å²) in [5.74, 6) is -1.36. The maximum atomic E-state index is 12.2. The van der Waals surface area contributed by atoms with E-state index in [2.05, 4.69) is 5.32 Å². The van der Waals surface area contributed by atoms with E-state index in [1.165, 1.54) is 5.48 Å². The van der Waals surface area contributed by atoms with Gasteiger partial charge >= 0.3 is 0 Å². The fourth-order valence-electron chi connectivity index (χ4n) is 2.19. The lowest BCUT2D eigenvalue weighted by Crippen LogP contribution is -2.52. The Kier molecular flexibility index (Phi) is 5.81.